The second kappa shape index (κ2) is 9.83. The predicted octanol–water partition coefficient (Wildman–Crippen LogP) is 4.60. The summed E-state index contributed by atoms with van der Waals surface area (Å²) in [5, 5.41) is 1.08. The Bertz CT molecular complexity index is 1010. The molecule has 7 heteroatoms. The molecule has 0 unspecified atom stereocenters. The Hall–Kier alpha value is -3.06. The number of carbonyl (C=O) groups excluding carboxylic acids is 1. The summed E-state index contributed by atoms with van der Waals surface area (Å²) in [4.78, 5) is 19.4. The van der Waals surface area contributed by atoms with E-state index < -0.39 is 6.16 Å². The van der Waals surface area contributed by atoms with Crippen LogP contribution < -0.4 is 9.64 Å². The van der Waals surface area contributed by atoms with E-state index in [1.165, 1.54) is 24.8 Å². The van der Waals surface area contributed by atoms with Gasteiger partial charge in [0.15, 0.2) is 0 Å². The fourth-order valence-corrected chi connectivity index (χ4v) is 4.10. The Kier molecular flexibility index (Phi) is 6.72. The van der Waals surface area contributed by atoms with Gasteiger partial charge in [0, 0.05) is 49.0 Å². The van der Waals surface area contributed by atoms with Crippen LogP contribution in [0.4, 0.5) is 14.9 Å². The topological polar surface area (TPSA) is 57.8 Å². The first-order valence-electron chi connectivity index (χ1n) is 10.7. The average Bonchev–Trinajstić information content (AvgIpc) is 3.20. The molecule has 0 radical (unpaired) electrons. The molecule has 0 spiro atoms. The lowest BCUT2D eigenvalue weighted by Crippen LogP contribution is -2.46. The van der Waals surface area contributed by atoms with Crippen LogP contribution in [0.25, 0.3) is 10.9 Å². The highest BCUT2D eigenvalue weighted by Gasteiger charge is 2.17. The van der Waals surface area contributed by atoms with E-state index in [-0.39, 0.29) is 5.82 Å². The number of methoxy groups -OCH3 is 1. The zero-order chi connectivity index (χ0) is 21.6. The van der Waals surface area contributed by atoms with Crippen LogP contribution in [-0.4, -0.2) is 55.9 Å². The fourth-order valence-electron chi connectivity index (χ4n) is 4.10. The van der Waals surface area contributed by atoms with Crippen LogP contribution in [0.3, 0.4) is 0 Å². The summed E-state index contributed by atoms with van der Waals surface area (Å²) >= 11 is 0. The number of aryl methyl sites for hydroxylation is 1. The van der Waals surface area contributed by atoms with Gasteiger partial charge in [-0.3, -0.25) is 4.90 Å². The number of aromatic nitrogens is 1. The van der Waals surface area contributed by atoms with Crippen LogP contribution in [0.2, 0.25) is 0 Å². The highest BCUT2D eigenvalue weighted by Crippen LogP contribution is 2.25. The molecule has 1 saturated heterocycles. The number of nitrogens with zero attached hydrogens (tertiary/aromatic N) is 2. The Morgan fingerprint density at radius 1 is 1.06 bits per heavy atom. The van der Waals surface area contributed by atoms with E-state index >= 15 is 0 Å². The second-order valence-corrected chi connectivity index (χ2v) is 7.84. The summed E-state index contributed by atoms with van der Waals surface area (Å²) in [5.74, 6) is 0.295. The molecular weight excluding hydrogens is 397 g/mol. The number of H-pyrrole nitrogens is 1. The number of unbranched alkanes of at least 4 members (excludes halogenated alkanes) is 1. The van der Waals surface area contributed by atoms with Crippen molar-refractivity contribution in [3.05, 3.63) is 60.0 Å². The molecule has 1 aromatic heterocycles. The molecule has 0 atom stereocenters. The molecule has 6 nitrogen and oxygen atoms in total. The minimum Gasteiger partial charge on any atom is -0.437 e. The fraction of sp³-hybridized carbons (Fsp3) is 0.375. The number of nitrogens with one attached hydrogen (secondary N) is 1. The van der Waals surface area contributed by atoms with E-state index in [0.717, 1.165) is 68.6 Å². The molecule has 1 fully saturated rings. The minimum atomic E-state index is -0.712. The van der Waals surface area contributed by atoms with Gasteiger partial charge in [0.05, 0.1) is 7.11 Å². The van der Waals surface area contributed by atoms with Gasteiger partial charge in [0.25, 0.3) is 0 Å². The number of fused-ring (bicyclic) bond motifs is 1. The minimum absolute atomic E-state index is 0.190. The molecule has 4 rings (SSSR count). The second-order valence-electron chi connectivity index (χ2n) is 7.84. The van der Waals surface area contributed by atoms with Crippen molar-refractivity contribution in [3.63, 3.8) is 0 Å². The summed E-state index contributed by atoms with van der Waals surface area (Å²) in [6.45, 7) is 5.07. The van der Waals surface area contributed by atoms with Gasteiger partial charge in [-0.25, -0.2) is 9.18 Å². The van der Waals surface area contributed by atoms with Crippen molar-refractivity contribution in [1.29, 1.82) is 0 Å². The average molecular weight is 426 g/mol. The molecule has 0 bridgehead atoms. The van der Waals surface area contributed by atoms with E-state index in [9.17, 15) is 9.18 Å². The maximum Gasteiger partial charge on any atom is 0.513 e. The molecule has 1 N–H and O–H groups in total. The standard InChI is InChI=1S/C24H28FN3O3/c1-30-24(29)31-21-9-10-23-22(16-21)18(17-26-23)4-2-3-11-27-12-14-28(15-13-27)20-7-5-19(25)6-8-20/h5-10,16-17,26H,2-4,11-15H2,1H3. The summed E-state index contributed by atoms with van der Waals surface area (Å²) < 4.78 is 22.8. The molecule has 1 aliphatic heterocycles. The van der Waals surface area contributed by atoms with Gasteiger partial charge in [0.1, 0.15) is 11.6 Å². The molecule has 0 aliphatic carbocycles. The summed E-state index contributed by atoms with van der Waals surface area (Å²) in [6.07, 6.45) is 4.51. The number of halogens is 1. The largest absolute Gasteiger partial charge is 0.513 e. The van der Waals surface area contributed by atoms with E-state index in [1.54, 1.807) is 6.07 Å². The molecule has 164 valence electrons. The van der Waals surface area contributed by atoms with Gasteiger partial charge in [-0.05, 0) is 73.8 Å². The van der Waals surface area contributed by atoms with Crippen molar-refractivity contribution in [3.8, 4) is 5.75 Å². The number of hydrogen-bond donors (Lipinski definition) is 1. The summed E-state index contributed by atoms with van der Waals surface area (Å²) in [5.41, 5.74) is 3.35. The quantitative estimate of drug-likeness (QED) is 0.341. The Morgan fingerprint density at radius 2 is 1.84 bits per heavy atom. The number of aromatic amines is 1. The van der Waals surface area contributed by atoms with Gasteiger partial charge in [-0.2, -0.15) is 0 Å². The number of piperazine rings is 1. The third-order valence-corrected chi connectivity index (χ3v) is 5.84. The monoisotopic (exact) mass is 425 g/mol. The third-order valence-electron chi connectivity index (χ3n) is 5.84. The Morgan fingerprint density at radius 3 is 2.58 bits per heavy atom. The Balaban J connectivity index is 1.23. The molecule has 2 heterocycles. The van der Waals surface area contributed by atoms with E-state index in [0.29, 0.717) is 5.75 Å². The summed E-state index contributed by atoms with van der Waals surface area (Å²) in [7, 11) is 1.30. The molecule has 0 amide bonds. The first-order valence-corrected chi connectivity index (χ1v) is 10.7. The van der Waals surface area contributed by atoms with Gasteiger partial charge in [0.2, 0.25) is 0 Å². The molecule has 31 heavy (non-hydrogen) atoms. The number of hydrogen-bond acceptors (Lipinski definition) is 5. The highest BCUT2D eigenvalue weighted by molar-refractivity contribution is 5.85. The predicted molar refractivity (Wildman–Crippen MR) is 119 cm³/mol. The smallest absolute Gasteiger partial charge is 0.437 e. The third kappa shape index (κ3) is 5.35. The molecule has 2 aromatic carbocycles. The van der Waals surface area contributed by atoms with Crippen LogP contribution in [0.15, 0.2) is 48.7 Å². The highest BCUT2D eigenvalue weighted by atomic mass is 19.1. The van der Waals surface area contributed by atoms with Crippen molar-refractivity contribution in [2.24, 2.45) is 0 Å². The van der Waals surface area contributed by atoms with Crippen LogP contribution in [0.1, 0.15) is 18.4 Å². The van der Waals surface area contributed by atoms with Gasteiger partial charge in [-0.1, -0.05) is 0 Å². The zero-order valence-corrected chi connectivity index (χ0v) is 17.8. The zero-order valence-electron chi connectivity index (χ0n) is 17.8. The van der Waals surface area contributed by atoms with Crippen molar-refractivity contribution in [2.75, 3.05) is 44.7 Å². The lowest BCUT2D eigenvalue weighted by molar-refractivity contribution is 0.121. The number of ether oxygens (including phenoxy) is 2. The first kappa shape index (κ1) is 21.2. The maximum atomic E-state index is 13.1. The van der Waals surface area contributed by atoms with Crippen molar-refractivity contribution >= 4 is 22.7 Å². The lowest BCUT2D eigenvalue weighted by Gasteiger charge is -2.36. The van der Waals surface area contributed by atoms with E-state index in [2.05, 4.69) is 19.5 Å². The van der Waals surface area contributed by atoms with Crippen LogP contribution in [0, 0.1) is 5.82 Å². The number of benzene rings is 2. The molecule has 0 saturated carbocycles. The number of carbonyl (C=O) groups is 1. The van der Waals surface area contributed by atoms with Crippen molar-refractivity contribution in [2.45, 2.75) is 19.3 Å². The lowest BCUT2D eigenvalue weighted by atomic mass is 10.1. The van der Waals surface area contributed by atoms with Crippen molar-refractivity contribution in [1.82, 2.24) is 9.88 Å². The maximum absolute atomic E-state index is 13.1. The van der Waals surface area contributed by atoms with Crippen LogP contribution >= 0.6 is 0 Å². The first-order chi connectivity index (χ1) is 15.1. The van der Waals surface area contributed by atoms with Gasteiger partial charge >= 0.3 is 6.16 Å². The number of rotatable bonds is 7. The van der Waals surface area contributed by atoms with E-state index in [4.69, 9.17) is 4.74 Å². The number of anilines is 1. The molecule has 1 aliphatic rings. The van der Waals surface area contributed by atoms with Crippen LogP contribution in [-0.2, 0) is 11.2 Å². The molecule has 3 aromatic rings. The van der Waals surface area contributed by atoms with Gasteiger partial charge in [-0.15, -0.1) is 0 Å². The SMILES string of the molecule is COC(=O)Oc1ccc2[nH]cc(CCCCN3CCN(c4ccc(F)cc4)CC3)c2c1. The Labute approximate surface area is 181 Å². The van der Waals surface area contributed by atoms with Crippen LogP contribution in [0.5, 0.6) is 5.75 Å². The molecular formula is C24H28FN3O3. The summed E-state index contributed by atoms with van der Waals surface area (Å²) in [6, 6.07) is 12.3. The van der Waals surface area contributed by atoms with Gasteiger partial charge < -0.3 is 19.4 Å². The van der Waals surface area contributed by atoms with E-state index in [1.807, 2.05) is 30.5 Å². The van der Waals surface area contributed by atoms with Crippen molar-refractivity contribution < 1.29 is 18.7 Å². The normalized spacial score (nSPS) is 14.7.